The van der Waals surface area contributed by atoms with E-state index in [9.17, 15) is 50.4 Å². The van der Waals surface area contributed by atoms with Crippen LogP contribution in [0.3, 0.4) is 0 Å². The molecule has 0 aromatic rings. The van der Waals surface area contributed by atoms with Gasteiger partial charge in [-0.1, -0.05) is 6.92 Å². The minimum absolute atomic E-state index is 0.00981. The number of ether oxygens (including phenoxy) is 5. The Balaban J connectivity index is 1.01. The van der Waals surface area contributed by atoms with Crippen molar-refractivity contribution in [3.05, 3.63) is 11.6 Å². The van der Waals surface area contributed by atoms with Gasteiger partial charge in [0.1, 0.15) is 61.7 Å². The standard InChI is InChI=1S/C35H52O15/c1-33-7-5-20-21(35(33,45)9-6-19(33)16-10-24(39)46-14-16)3-2-17-11-18(4-8-34(17,20)15-38)47-31-29(44)27(42)30(23(13-37)49-31)50-32-28(43)26(41)25(40)22(12-36)48-32/h10,15,17-23,25-32,36-37,40-45H,2-9,11-14H2,1H3/t17?,18-,19+,20-,21+,22+,23+,25+,26-,27+,28+,29+,30+,31+,32-,33+,34+,35-/m0/s1. The third-order valence-corrected chi connectivity index (χ3v) is 14.0. The average Bonchev–Trinajstić information content (AvgIpc) is 3.66. The number of hydrogen-bond acceptors (Lipinski definition) is 15. The van der Waals surface area contributed by atoms with Gasteiger partial charge in [0.05, 0.1) is 24.9 Å². The molecule has 7 rings (SSSR count). The van der Waals surface area contributed by atoms with E-state index in [1.807, 2.05) is 0 Å². The number of aliphatic hydroxyl groups excluding tert-OH is 7. The summed E-state index contributed by atoms with van der Waals surface area (Å²) in [6.07, 6.45) is -7.24. The fourth-order valence-corrected chi connectivity index (χ4v) is 11.3. The lowest BCUT2D eigenvalue weighted by molar-refractivity contribution is -0.364. The molecule has 3 heterocycles. The summed E-state index contributed by atoms with van der Waals surface area (Å²) in [6, 6.07) is 0. The Hall–Kier alpha value is -1.60. The molecule has 282 valence electrons. The molecule has 3 aliphatic heterocycles. The van der Waals surface area contributed by atoms with Crippen molar-refractivity contribution in [1.82, 2.24) is 0 Å². The maximum Gasteiger partial charge on any atom is 0.331 e. The van der Waals surface area contributed by atoms with Gasteiger partial charge < -0.3 is 69.3 Å². The van der Waals surface area contributed by atoms with Crippen molar-refractivity contribution in [2.75, 3.05) is 19.8 Å². The molecule has 15 heteroatoms. The van der Waals surface area contributed by atoms with Crippen molar-refractivity contribution >= 4 is 12.3 Å². The van der Waals surface area contributed by atoms with Gasteiger partial charge in [0.25, 0.3) is 0 Å². The summed E-state index contributed by atoms with van der Waals surface area (Å²) in [7, 11) is 0. The predicted octanol–water partition coefficient (Wildman–Crippen LogP) is -1.57. The highest BCUT2D eigenvalue weighted by molar-refractivity contribution is 5.85. The molecule has 15 nitrogen and oxygen atoms in total. The maximum atomic E-state index is 13.1. The number of rotatable bonds is 8. The molecule has 6 fully saturated rings. The van der Waals surface area contributed by atoms with Gasteiger partial charge >= 0.3 is 5.97 Å². The minimum atomic E-state index is -1.76. The molecule has 18 atom stereocenters. The smallest absolute Gasteiger partial charge is 0.331 e. The van der Waals surface area contributed by atoms with Crippen LogP contribution in [0, 0.1) is 34.5 Å². The second-order valence-corrected chi connectivity index (χ2v) is 16.1. The average molecular weight is 713 g/mol. The van der Waals surface area contributed by atoms with E-state index in [2.05, 4.69) is 6.92 Å². The summed E-state index contributed by atoms with van der Waals surface area (Å²) in [6.45, 7) is 1.05. The summed E-state index contributed by atoms with van der Waals surface area (Å²) in [5, 5.41) is 84.9. The number of carbonyl (C=O) groups excluding carboxylic acids is 2. The van der Waals surface area contributed by atoms with Gasteiger partial charge in [0, 0.05) is 16.9 Å². The Morgan fingerprint density at radius 2 is 1.52 bits per heavy atom. The van der Waals surface area contributed by atoms with E-state index in [0.29, 0.717) is 32.1 Å². The van der Waals surface area contributed by atoms with Crippen LogP contribution in [0.1, 0.15) is 64.7 Å². The van der Waals surface area contributed by atoms with E-state index in [1.54, 1.807) is 6.08 Å². The maximum absolute atomic E-state index is 13.1. The number of carbonyl (C=O) groups is 2. The normalized spacial score (nSPS) is 53.5. The molecular formula is C35H52O15. The fourth-order valence-electron chi connectivity index (χ4n) is 11.3. The number of esters is 1. The Kier molecular flexibility index (Phi) is 10.0. The monoisotopic (exact) mass is 712 g/mol. The van der Waals surface area contributed by atoms with Crippen LogP contribution in [0.4, 0.5) is 0 Å². The van der Waals surface area contributed by atoms with E-state index < -0.39 is 97.2 Å². The van der Waals surface area contributed by atoms with E-state index >= 15 is 0 Å². The summed E-state index contributed by atoms with van der Waals surface area (Å²) >= 11 is 0. The van der Waals surface area contributed by atoms with Crippen molar-refractivity contribution < 1.29 is 74.1 Å². The lowest BCUT2D eigenvalue weighted by Crippen LogP contribution is -2.65. The van der Waals surface area contributed by atoms with Crippen LogP contribution in [0.15, 0.2) is 11.6 Å². The first-order chi connectivity index (χ1) is 23.8. The molecule has 4 aliphatic carbocycles. The van der Waals surface area contributed by atoms with E-state index in [-0.39, 0.29) is 36.2 Å². The van der Waals surface area contributed by atoms with Gasteiger partial charge in [-0.3, -0.25) is 0 Å². The molecule has 0 spiro atoms. The molecule has 0 aromatic heterocycles. The van der Waals surface area contributed by atoms with Crippen LogP contribution < -0.4 is 0 Å². The summed E-state index contributed by atoms with van der Waals surface area (Å²) in [4.78, 5) is 25.0. The third-order valence-electron chi connectivity index (χ3n) is 14.0. The number of cyclic esters (lactones) is 1. The quantitative estimate of drug-likeness (QED) is 0.0806. The highest BCUT2D eigenvalue weighted by Crippen LogP contribution is 2.69. The second kappa shape index (κ2) is 13.7. The van der Waals surface area contributed by atoms with Crippen LogP contribution >= 0.6 is 0 Å². The fraction of sp³-hybridized carbons (Fsp3) is 0.886. The van der Waals surface area contributed by atoms with Crippen molar-refractivity contribution in [3.8, 4) is 0 Å². The molecule has 4 saturated carbocycles. The summed E-state index contributed by atoms with van der Waals surface area (Å²) < 4.78 is 28.4. The van der Waals surface area contributed by atoms with Crippen molar-refractivity contribution in [1.29, 1.82) is 0 Å². The zero-order valence-corrected chi connectivity index (χ0v) is 28.2. The number of hydrogen-bond donors (Lipinski definition) is 8. The topological polar surface area (TPSA) is 242 Å². The zero-order valence-electron chi connectivity index (χ0n) is 28.2. The van der Waals surface area contributed by atoms with Crippen molar-refractivity contribution in [2.45, 2.75) is 138 Å². The van der Waals surface area contributed by atoms with Gasteiger partial charge in [0.2, 0.25) is 0 Å². The van der Waals surface area contributed by atoms with Crippen LogP contribution in [0.25, 0.3) is 0 Å². The van der Waals surface area contributed by atoms with E-state index in [0.717, 1.165) is 37.5 Å². The number of fused-ring (bicyclic) bond motifs is 5. The van der Waals surface area contributed by atoms with Gasteiger partial charge in [0.15, 0.2) is 12.6 Å². The first-order valence-corrected chi connectivity index (χ1v) is 18.1. The lowest BCUT2D eigenvalue weighted by atomic mass is 9.43. The number of aldehydes is 1. The molecule has 0 aromatic carbocycles. The lowest BCUT2D eigenvalue weighted by Gasteiger charge is -2.63. The summed E-state index contributed by atoms with van der Waals surface area (Å²) in [5.74, 6) is -0.384. The first kappa shape index (κ1) is 36.7. The minimum Gasteiger partial charge on any atom is -0.458 e. The Labute approximate surface area is 290 Å². The molecule has 0 amide bonds. The van der Waals surface area contributed by atoms with Gasteiger partial charge in [-0.15, -0.1) is 0 Å². The number of aliphatic hydroxyl groups is 8. The van der Waals surface area contributed by atoms with Gasteiger partial charge in [-0.25, -0.2) is 4.79 Å². The first-order valence-electron chi connectivity index (χ1n) is 18.1. The summed E-state index contributed by atoms with van der Waals surface area (Å²) in [5.41, 5.74) is -1.08. The largest absolute Gasteiger partial charge is 0.458 e. The molecule has 1 unspecified atom stereocenters. The second-order valence-electron chi connectivity index (χ2n) is 16.1. The highest BCUT2D eigenvalue weighted by atomic mass is 16.7. The van der Waals surface area contributed by atoms with Gasteiger partial charge in [-0.2, -0.15) is 0 Å². The molecule has 0 radical (unpaired) electrons. The predicted molar refractivity (Wildman–Crippen MR) is 167 cm³/mol. The Bertz CT molecular complexity index is 1310. The van der Waals surface area contributed by atoms with Crippen LogP contribution in [0.2, 0.25) is 0 Å². The van der Waals surface area contributed by atoms with Crippen molar-refractivity contribution in [2.24, 2.45) is 34.5 Å². The Morgan fingerprint density at radius 3 is 2.20 bits per heavy atom. The molecular weight excluding hydrogens is 660 g/mol. The zero-order chi connectivity index (χ0) is 35.7. The molecule has 2 saturated heterocycles. The Morgan fingerprint density at radius 1 is 0.820 bits per heavy atom. The SMILES string of the molecule is C[C@]12CC[C@H]3[C@@H](CCC4C[C@@H](O[C@@H]5O[C@H](CO)[C@@H](O[C@@H]6O[C@H](CO)[C@@H](O)[C@H](O)[C@H]6O)[C@H](O)[C@H]5O)CC[C@@]43C=O)[C@@]1(O)CC[C@@H]2C1=CC(=O)OC1. The van der Waals surface area contributed by atoms with Gasteiger partial charge in [-0.05, 0) is 87.0 Å². The third kappa shape index (κ3) is 5.62. The van der Waals surface area contributed by atoms with E-state index in [1.165, 1.54) is 0 Å². The molecule has 0 bridgehead atoms. The van der Waals surface area contributed by atoms with Crippen molar-refractivity contribution in [3.63, 3.8) is 0 Å². The molecule has 8 N–H and O–H groups in total. The highest BCUT2D eigenvalue weighted by Gasteiger charge is 2.69. The van der Waals surface area contributed by atoms with E-state index in [4.69, 9.17) is 23.7 Å². The van der Waals surface area contributed by atoms with Crippen LogP contribution in [-0.4, -0.2) is 146 Å². The molecule has 50 heavy (non-hydrogen) atoms. The van der Waals surface area contributed by atoms with Crippen LogP contribution in [0.5, 0.6) is 0 Å². The molecule has 7 aliphatic rings. The van der Waals surface area contributed by atoms with Crippen LogP contribution in [-0.2, 0) is 33.3 Å².